The first-order chi connectivity index (χ1) is 8.36. The molecule has 102 valence electrons. The number of hydrogen-bond acceptors (Lipinski definition) is 2. The van der Waals surface area contributed by atoms with Gasteiger partial charge in [-0.2, -0.15) is 0 Å². The fourth-order valence-corrected chi connectivity index (χ4v) is 2.74. The average Bonchev–Trinajstić information content (AvgIpc) is 2.23. The Morgan fingerprint density at radius 2 is 1.61 bits per heavy atom. The molecule has 0 aliphatic heterocycles. The Morgan fingerprint density at radius 3 is 2.00 bits per heavy atom. The van der Waals surface area contributed by atoms with Gasteiger partial charge >= 0.3 is 0 Å². The lowest BCUT2D eigenvalue weighted by atomic mass is 9.95. The third kappa shape index (κ3) is 3.56. The lowest BCUT2D eigenvalue weighted by Gasteiger charge is -2.28. The number of aliphatic hydroxyl groups excluding tert-OH is 1. The van der Waals surface area contributed by atoms with Crippen LogP contribution in [0.2, 0.25) is 0 Å². The van der Waals surface area contributed by atoms with Gasteiger partial charge in [-0.1, -0.05) is 24.6 Å². The van der Waals surface area contributed by atoms with Gasteiger partial charge in [0.25, 0.3) is 0 Å². The van der Waals surface area contributed by atoms with Crippen LogP contribution in [0, 0.1) is 20.8 Å². The van der Waals surface area contributed by atoms with E-state index in [4.69, 9.17) is 0 Å². The fraction of sp³-hybridized carbons (Fsp3) is 0.625. The largest absolute Gasteiger partial charge is 0.387 e. The van der Waals surface area contributed by atoms with Crippen LogP contribution in [0.4, 0.5) is 0 Å². The van der Waals surface area contributed by atoms with Gasteiger partial charge in [-0.15, -0.1) is 0 Å². The van der Waals surface area contributed by atoms with Gasteiger partial charge in [-0.05, 0) is 57.9 Å². The minimum Gasteiger partial charge on any atom is -0.387 e. The maximum atomic E-state index is 10.5. The predicted octanol–water partition coefficient (Wildman–Crippen LogP) is 3.38. The molecular formula is C16H27NO. The smallest absolute Gasteiger partial charge is 0.0922 e. The molecule has 2 nitrogen and oxygen atoms in total. The van der Waals surface area contributed by atoms with Crippen molar-refractivity contribution in [2.75, 3.05) is 13.1 Å². The summed E-state index contributed by atoms with van der Waals surface area (Å²) in [6, 6.07) is 4.77. The van der Waals surface area contributed by atoms with Crippen molar-refractivity contribution in [3.63, 3.8) is 0 Å². The van der Waals surface area contributed by atoms with E-state index in [-0.39, 0.29) is 0 Å². The highest BCUT2D eigenvalue weighted by Gasteiger charge is 2.18. The molecule has 1 rings (SSSR count). The molecule has 0 amide bonds. The lowest BCUT2D eigenvalue weighted by molar-refractivity contribution is 0.0983. The van der Waals surface area contributed by atoms with Crippen molar-refractivity contribution >= 4 is 0 Å². The molecule has 1 unspecified atom stereocenters. The van der Waals surface area contributed by atoms with Gasteiger partial charge in [-0.3, -0.25) is 4.90 Å². The summed E-state index contributed by atoms with van der Waals surface area (Å²) in [5.41, 5.74) is 4.75. The highest BCUT2D eigenvalue weighted by atomic mass is 16.3. The zero-order valence-electron chi connectivity index (χ0n) is 12.6. The Bertz CT molecular complexity index is 375. The normalized spacial score (nSPS) is 13.4. The van der Waals surface area contributed by atoms with Gasteiger partial charge in [0.05, 0.1) is 6.10 Å². The van der Waals surface area contributed by atoms with Crippen molar-refractivity contribution in [2.45, 2.75) is 53.7 Å². The maximum Gasteiger partial charge on any atom is 0.0922 e. The average molecular weight is 249 g/mol. The highest BCUT2D eigenvalue weighted by molar-refractivity contribution is 5.39. The van der Waals surface area contributed by atoms with E-state index >= 15 is 0 Å². The number of aryl methyl sites for hydroxylation is 3. The molecule has 0 heterocycles. The Balaban J connectivity index is 2.94. The molecule has 0 fully saturated rings. The van der Waals surface area contributed by atoms with E-state index in [0.717, 1.165) is 12.1 Å². The first-order valence-corrected chi connectivity index (χ1v) is 6.86. The minimum absolute atomic E-state index is 0.395. The second-order valence-electron chi connectivity index (χ2n) is 5.51. The minimum atomic E-state index is -0.395. The third-order valence-electron chi connectivity index (χ3n) is 3.62. The Kier molecular flexibility index (Phi) is 5.36. The Labute approximate surface area is 112 Å². The summed E-state index contributed by atoms with van der Waals surface area (Å²) in [6.45, 7) is 14.4. The quantitative estimate of drug-likeness (QED) is 0.865. The molecule has 0 aromatic heterocycles. The van der Waals surface area contributed by atoms with Crippen LogP contribution in [0.25, 0.3) is 0 Å². The molecule has 0 radical (unpaired) electrons. The van der Waals surface area contributed by atoms with Crippen LogP contribution in [0.15, 0.2) is 12.1 Å². The van der Waals surface area contributed by atoms with Gasteiger partial charge in [0.1, 0.15) is 0 Å². The second kappa shape index (κ2) is 6.35. The molecule has 18 heavy (non-hydrogen) atoms. The summed E-state index contributed by atoms with van der Waals surface area (Å²) in [6.07, 6.45) is -0.395. The van der Waals surface area contributed by atoms with E-state index < -0.39 is 6.10 Å². The number of benzene rings is 1. The predicted molar refractivity (Wildman–Crippen MR) is 78.0 cm³/mol. The van der Waals surface area contributed by atoms with Crippen LogP contribution in [0.1, 0.15) is 49.1 Å². The molecular weight excluding hydrogens is 222 g/mol. The first-order valence-electron chi connectivity index (χ1n) is 6.86. The van der Waals surface area contributed by atoms with Crippen molar-refractivity contribution in [2.24, 2.45) is 0 Å². The summed E-state index contributed by atoms with van der Waals surface area (Å²) in [5, 5.41) is 10.5. The summed E-state index contributed by atoms with van der Waals surface area (Å²) in [7, 11) is 0. The summed E-state index contributed by atoms with van der Waals surface area (Å²) in [5.74, 6) is 0. The zero-order chi connectivity index (χ0) is 13.9. The van der Waals surface area contributed by atoms with Gasteiger partial charge in [0.15, 0.2) is 0 Å². The second-order valence-corrected chi connectivity index (χ2v) is 5.51. The van der Waals surface area contributed by atoms with E-state index in [1.807, 2.05) is 0 Å². The lowest BCUT2D eigenvalue weighted by Crippen LogP contribution is -2.34. The molecule has 0 spiro atoms. The Morgan fingerprint density at radius 1 is 1.11 bits per heavy atom. The molecule has 1 aromatic rings. The number of rotatable bonds is 5. The van der Waals surface area contributed by atoms with Gasteiger partial charge in [0.2, 0.25) is 0 Å². The van der Waals surface area contributed by atoms with E-state index in [9.17, 15) is 5.11 Å². The molecule has 1 N–H and O–H groups in total. The van der Waals surface area contributed by atoms with E-state index in [0.29, 0.717) is 12.6 Å². The van der Waals surface area contributed by atoms with Crippen molar-refractivity contribution < 1.29 is 5.11 Å². The summed E-state index contributed by atoms with van der Waals surface area (Å²) < 4.78 is 0. The summed E-state index contributed by atoms with van der Waals surface area (Å²) in [4.78, 5) is 2.30. The van der Waals surface area contributed by atoms with Crippen molar-refractivity contribution in [3.05, 3.63) is 34.4 Å². The first kappa shape index (κ1) is 15.2. The molecule has 2 heteroatoms. The standard InChI is InChI=1S/C16H27NO/c1-7-17(11(2)3)10-15(18)16-13(5)8-12(4)9-14(16)6/h8-9,11,15,18H,7,10H2,1-6H3. The molecule has 0 saturated heterocycles. The monoisotopic (exact) mass is 249 g/mol. The van der Waals surface area contributed by atoms with Crippen LogP contribution in [0.5, 0.6) is 0 Å². The number of hydrogen-bond donors (Lipinski definition) is 1. The van der Waals surface area contributed by atoms with E-state index in [1.165, 1.54) is 16.7 Å². The molecule has 0 aliphatic carbocycles. The third-order valence-corrected chi connectivity index (χ3v) is 3.62. The van der Waals surface area contributed by atoms with Crippen LogP contribution < -0.4 is 0 Å². The van der Waals surface area contributed by atoms with Crippen molar-refractivity contribution in [3.8, 4) is 0 Å². The van der Waals surface area contributed by atoms with Gasteiger partial charge in [-0.25, -0.2) is 0 Å². The molecule has 1 atom stereocenters. The molecule has 0 saturated carbocycles. The van der Waals surface area contributed by atoms with Gasteiger partial charge < -0.3 is 5.11 Å². The summed E-state index contributed by atoms with van der Waals surface area (Å²) >= 11 is 0. The van der Waals surface area contributed by atoms with Crippen LogP contribution in [-0.2, 0) is 0 Å². The topological polar surface area (TPSA) is 23.5 Å². The SMILES string of the molecule is CCN(CC(O)c1c(C)cc(C)cc1C)C(C)C. The number of likely N-dealkylation sites (N-methyl/N-ethyl adjacent to an activating group) is 1. The molecule has 0 aliphatic rings. The van der Waals surface area contributed by atoms with Crippen LogP contribution in [-0.4, -0.2) is 29.1 Å². The molecule has 1 aromatic carbocycles. The van der Waals surface area contributed by atoms with Crippen molar-refractivity contribution in [1.82, 2.24) is 4.90 Å². The van der Waals surface area contributed by atoms with E-state index in [1.54, 1.807) is 0 Å². The maximum absolute atomic E-state index is 10.5. The van der Waals surface area contributed by atoms with Crippen LogP contribution in [0.3, 0.4) is 0 Å². The fourth-order valence-electron chi connectivity index (χ4n) is 2.74. The number of aliphatic hydroxyl groups is 1. The Hall–Kier alpha value is -0.860. The zero-order valence-corrected chi connectivity index (χ0v) is 12.6. The molecule has 0 bridgehead atoms. The van der Waals surface area contributed by atoms with Crippen molar-refractivity contribution in [1.29, 1.82) is 0 Å². The van der Waals surface area contributed by atoms with Crippen LogP contribution >= 0.6 is 0 Å². The number of nitrogens with zero attached hydrogens (tertiary/aromatic N) is 1. The van der Waals surface area contributed by atoms with E-state index in [2.05, 4.69) is 58.6 Å². The van der Waals surface area contributed by atoms with Gasteiger partial charge in [0, 0.05) is 12.6 Å². The highest BCUT2D eigenvalue weighted by Crippen LogP contribution is 2.24.